The maximum atomic E-state index is 12.0. The second-order valence-electron chi connectivity index (χ2n) is 6.28. The van der Waals surface area contributed by atoms with Gasteiger partial charge in [0.25, 0.3) is 0 Å². The van der Waals surface area contributed by atoms with E-state index in [2.05, 4.69) is 12.2 Å². The first-order valence-electron chi connectivity index (χ1n) is 7.16. The number of carbonyl (C=O) groups excluding carboxylic acids is 1. The third-order valence-corrected chi connectivity index (χ3v) is 4.41. The predicted molar refractivity (Wildman–Crippen MR) is 69.6 cm³/mol. The molecule has 0 bridgehead atoms. The molecule has 17 heavy (non-hydrogen) atoms. The van der Waals surface area contributed by atoms with E-state index in [0.717, 1.165) is 31.6 Å². The average Bonchev–Trinajstić information content (AvgIpc) is 2.64. The summed E-state index contributed by atoms with van der Waals surface area (Å²) in [5.74, 6) is 0.931. The number of rotatable bonds is 3. The smallest absolute Gasteiger partial charge is 0.222 e. The molecule has 0 aromatic rings. The van der Waals surface area contributed by atoms with Gasteiger partial charge in [-0.05, 0) is 31.6 Å². The van der Waals surface area contributed by atoms with Crippen molar-refractivity contribution in [2.75, 3.05) is 0 Å². The van der Waals surface area contributed by atoms with Gasteiger partial charge in [0.15, 0.2) is 0 Å². The van der Waals surface area contributed by atoms with Gasteiger partial charge in [0, 0.05) is 18.0 Å². The van der Waals surface area contributed by atoms with Crippen molar-refractivity contribution in [3.05, 3.63) is 0 Å². The molecule has 0 radical (unpaired) electrons. The highest BCUT2D eigenvalue weighted by molar-refractivity contribution is 5.77. The molecule has 0 aliphatic heterocycles. The van der Waals surface area contributed by atoms with Gasteiger partial charge in [-0.25, -0.2) is 0 Å². The van der Waals surface area contributed by atoms with Crippen LogP contribution in [0.4, 0.5) is 0 Å². The molecule has 2 fully saturated rings. The van der Waals surface area contributed by atoms with Crippen molar-refractivity contribution in [2.24, 2.45) is 11.7 Å². The van der Waals surface area contributed by atoms with Crippen LogP contribution in [0.1, 0.15) is 64.7 Å². The Morgan fingerprint density at radius 1 is 1.29 bits per heavy atom. The number of nitrogens with two attached hydrogens (primary N) is 1. The lowest BCUT2D eigenvalue weighted by Gasteiger charge is -2.29. The minimum absolute atomic E-state index is 0.175. The van der Waals surface area contributed by atoms with Crippen molar-refractivity contribution in [2.45, 2.75) is 76.3 Å². The Labute approximate surface area is 105 Å². The van der Waals surface area contributed by atoms with Gasteiger partial charge in [0.05, 0.1) is 0 Å². The van der Waals surface area contributed by atoms with Gasteiger partial charge >= 0.3 is 0 Å². The van der Waals surface area contributed by atoms with Gasteiger partial charge in [-0.15, -0.1) is 0 Å². The van der Waals surface area contributed by atoms with Gasteiger partial charge < -0.3 is 11.1 Å². The standard InChI is InChI=1S/C14H26N2O/c1-11-5-4-6-12(9-11)16-13(17)10-14(15)7-2-3-8-14/h11-12H,2-10,15H2,1H3,(H,16,17). The van der Waals surface area contributed by atoms with Gasteiger partial charge in [0.1, 0.15) is 0 Å². The van der Waals surface area contributed by atoms with Gasteiger partial charge in [-0.1, -0.05) is 32.6 Å². The van der Waals surface area contributed by atoms with E-state index in [9.17, 15) is 4.79 Å². The molecule has 0 aromatic carbocycles. The van der Waals surface area contributed by atoms with Crippen LogP contribution in [0.25, 0.3) is 0 Å². The lowest BCUT2D eigenvalue weighted by Crippen LogP contribution is -2.45. The van der Waals surface area contributed by atoms with Crippen molar-refractivity contribution >= 4 is 5.91 Å². The molecule has 2 aliphatic rings. The van der Waals surface area contributed by atoms with Gasteiger partial charge in [-0.2, -0.15) is 0 Å². The van der Waals surface area contributed by atoms with Crippen molar-refractivity contribution in [3.63, 3.8) is 0 Å². The van der Waals surface area contributed by atoms with E-state index in [1.54, 1.807) is 0 Å². The molecule has 2 unspecified atom stereocenters. The number of hydrogen-bond donors (Lipinski definition) is 2. The molecule has 1 amide bonds. The molecule has 0 spiro atoms. The first-order valence-corrected chi connectivity index (χ1v) is 7.16. The van der Waals surface area contributed by atoms with Crippen molar-refractivity contribution < 1.29 is 4.79 Å². The van der Waals surface area contributed by atoms with Crippen LogP contribution < -0.4 is 11.1 Å². The first-order chi connectivity index (χ1) is 8.07. The summed E-state index contributed by atoms with van der Waals surface area (Å²) < 4.78 is 0. The maximum absolute atomic E-state index is 12.0. The largest absolute Gasteiger partial charge is 0.353 e. The summed E-state index contributed by atoms with van der Waals surface area (Å²) in [7, 11) is 0. The van der Waals surface area contributed by atoms with Crippen LogP contribution in [-0.2, 0) is 4.79 Å². The van der Waals surface area contributed by atoms with Crippen molar-refractivity contribution in [1.82, 2.24) is 5.32 Å². The Kier molecular flexibility index (Phi) is 4.08. The summed E-state index contributed by atoms with van der Waals surface area (Å²) in [4.78, 5) is 12.0. The minimum Gasteiger partial charge on any atom is -0.353 e. The molecule has 3 N–H and O–H groups in total. The van der Waals surface area contributed by atoms with Gasteiger partial charge in [-0.3, -0.25) is 4.79 Å². The third-order valence-electron chi connectivity index (χ3n) is 4.41. The Morgan fingerprint density at radius 3 is 2.65 bits per heavy atom. The molecule has 3 nitrogen and oxygen atoms in total. The second kappa shape index (κ2) is 5.38. The molecule has 2 atom stereocenters. The van der Waals surface area contributed by atoms with E-state index in [-0.39, 0.29) is 11.4 Å². The zero-order valence-electron chi connectivity index (χ0n) is 11.0. The zero-order chi connectivity index (χ0) is 12.3. The Balaban J connectivity index is 1.76. The normalized spacial score (nSPS) is 32.4. The van der Waals surface area contributed by atoms with E-state index in [4.69, 9.17) is 5.73 Å². The van der Waals surface area contributed by atoms with Gasteiger partial charge in [0.2, 0.25) is 5.91 Å². The van der Waals surface area contributed by atoms with Crippen molar-refractivity contribution in [1.29, 1.82) is 0 Å². The van der Waals surface area contributed by atoms with Crippen LogP contribution in [0, 0.1) is 5.92 Å². The van der Waals surface area contributed by atoms with Crippen LogP contribution in [0.2, 0.25) is 0 Å². The maximum Gasteiger partial charge on any atom is 0.222 e. The van der Waals surface area contributed by atoms with Crippen LogP contribution in [-0.4, -0.2) is 17.5 Å². The summed E-state index contributed by atoms with van der Waals surface area (Å²) in [6, 6.07) is 0.399. The number of hydrogen-bond acceptors (Lipinski definition) is 2. The van der Waals surface area contributed by atoms with Crippen LogP contribution in [0.15, 0.2) is 0 Å². The number of nitrogens with one attached hydrogen (secondary N) is 1. The first kappa shape index (κ1) is 12.9. The SMILES string of the molecule is CC1CCCC(NC(=O)CC2(N)CCCC2)C1. The number of amides is 1. The average molecular weight is 238 g/mol. The molecule has 0 heterocycles. The fraction of sp³-hybridized carbons (Fsp3) is 0.929. The highest BCUT2D eigenvalue weighted by Crippen LogP contribution is 2.30. The molecule has 0 aromatic heterocycles. The fourth-order valence-electron chi connectivity index (χ4n) is 3.42. The topological polar surface area (TPSA) is 55.1 Å². The zero-order valence-corrected chi connectivity index (χ0v) is 11.0. The Hall–Kier alpha value is -0.570. The summed E-state index contributed by atoms with van der Waals surface area (Å²) >= 11 is 0. The molecule has 0 saturated heterocycles. The van der Waals surface area contributed by atoms with E-state index >= 15 is 0 Å². The lowest BCUT2D eigenvalue weighted by atomic mass is 9.86. The van der Waals surface area contributed by atoms with Crippen LogP contribution >= 0.6 is 0 Å². The molecule has 2 aliphatic carbocycles. The quantitative estimate of drug-likeness (QED) is 0.793. The fourth-order valence-corrected chi connectivity index (χ4v) is 3.42. The predicted octanol–water partition coefficient (Wildman–Crippen LogP) is 2.34. The Bertz CT molecular complexity index is 271. The molecule has 98 valence electrons. The van der Waals surface area contributed by atoms with E-state index in [1.807, 2.05) is 0 Å². The molecule has 3 heteroatoms. The third kappa shape index (κ3) is 3.70. The van der Waals surface area contributed by atoms with E-state index < -0.39 is 0 Å². The van der Waals surface area contributed by atoms with E-state index in [0.29, 0.717) is 12.5 Å². The molecular formula is C14H26N2O. The summed E-state index contributed by atoms with van der Waals surface area (Å²) in [6.07, 6.45) is 9.78. The highest BCUT2D eigenvalue weighted by atomic mass is 16.1. The summed E-state index contributed by atoms with van der Waals surface area (Å²) in [5, 5.41) is 3.18. The van der Waals surface area contributed by atoms with E-state index in [1.165, 1.54) is 25.7 Å². The number of carbonyl (C=O) groups is 1. The molecule has 2 saturated carbocycles. The molecule has 2 rings (SSSR count). The van der Waals surface area contributed by atoms with Crippen molar-refractivity contribution in [3.8, 4) is 0 Å². The van der Waals surface area contributed by atoms with Crippen LogP contribution in [0.3, 0.4) is 0 Å². The lowest BCUT2D eigenvalue weighted by molar-refractivity contribution is -0.123. The monoisotopic (exact) mass is 238 g/mol. The highest BCUT2D eigenvalue weighted by Gasteiger charge is 2.32. The second-order valence-corrected chi connectivity index (χ2v) is 6.28. The molecular weight excluding hydrogens is 212 g/mol. The Morgan fingerprint density at radius 2 is 2.00 bits per heavy atom. The summed E-state index contributed by atoms with van der Waals surface area (Å²) in [6.45, 7) is 2.28. The minimum atomic E-state index is -0.204. The van der Waals surface area contributed by atoms with Crippen LogP contribution in [0.5, 0.6) is 0 Å². The summed E-state index contributed by atoms with van der Waals surface area (Å²) in [5.41, 5.74) is 6.03.